The molecule has 0 bridgehead atoms. The summed E-state index contributed by atoms with van der Waals surface area (Å²) in [6.45, 7) is 3.43. The first-order valence-corrected chi connectivity index (χ1v) is 8.87. The first-order chi connectivity index (χ1) is 12.7. The highest BCUT2D eigenvalue weighted by Crippen LogP contribution is 2.17. The molecule has 1 aromatic heterocycles. The molecule has 1 atom stereocenters. The van der Waals surface area contributed by atoms with Gasteiger partial charge in [0, 0.05) is 4.88 Å². The maximum Gasteiger partial charge on any atom is 0.345 e. The van der Waals surface area contributed by atoms with Crippen LogP contribution in [0, 0.1) is 17.6 Å². The Morgan fingerprint density at radius 3 is 2.26 bits per heavy atom. The maximum absolute atomic E-state index is 13.7. The van der Waals surface area contributed by atoms with E-state index in [9.17, 15) is 23.2 Å². The van der Waals surface area contributed by atoms with Crippen LogP contribution in [0.1, 0.15) is 38.8 Å². The second-order valence-electron chi connectivity index (χ2n) is 6.08. The van der Waals surface area contributed by atoms with Crippen molar-refractivity contribution in [1.29, 1.82) is 0 Å². The molecule has 0 aliphatic heterocycles. The summed E-state index contributed by atoms with van der Waals surface area (Å²) in [5.41, 5.74) is -0.750. The first-order valence-electron chi connectivity index (χ1n) is 8.05. The van der Waals surface area contributed by atoms with Crippen molar-refractivity contribution in [3.63, 3.8) is 0 Å². The average Bonchev–Trinajstić information content (AvgIpc) is 3.06. The Hall–Kier alpha value is -2.81. The lowest BCUT2D eigenvalue weighted by Gasteiger charge is -2.22. The molecule has 2 rings (SSSR count). The first kappa shape index (κ1) is 20.5. The van der Waals surface area contributed by atoms with Crippen LogP contribution < -0.4 is 10.6 Å². The third-order valence-electron chi connectivity index (χ3n) is 3.73. The number of benzene rings is 1. The number of hydrogen-bond acceptors (Lipinski definition) is 4. The number of carbonyl (C=O) groups excluding carboxylic acids is 2. The number of hydrogen-bond donors (Lipinski definition) is 3. The lowest BCUT2D eigenvalue weighted by atomic mass is 10.0. The van der Waals surface area contributed by atoms with E-state index in [1.807, 2.05) is 0 Å². The highest BCUT2D eigenvalue weighted by Gasteiger charge is 2.27. The fraction of sp³-hybridized carbons (Fsp3) is 0.278. The molecule has 9 heteroatoms. The van der Waals surface area contributed by atoms with Gasteiger partial charge in [0.15, 0.2) is 0 Å². The van der Waals surface area contributed by atoms with Crippen LogP contribution in [0.5, 0.6) is 0 Å². The molecule has 0 spiro atoms. The van der Waals surface area contributed by atoms with Gasteiger partial charge in [-0.1, -0.05) is 19.9 Å². The van der Waals surface area contributed by atoms with Gasteiger partial charge >= 0.3 is 5.97 Å². The highest BCUT2D eigenvalue weighted by atomic mass is 32.1. The van der Waals surface area contributed by atoms with Gasteiger partial charge in [-0.2, -0.15) is 0 Å². The van der Waals surface area contributed by atoms with Gasteiger partial charge < -0.3 is 15.7 Å². The number of carboxylic acid groups (broad SMARTS) is 1. The molecule has 1 heterocycles. The summed E-state index contributed by atoms with van der Waals surface area (Å²) < 4.78 is 27.5. The zero-order valence-electron chi connectivity index (χ0n) is 14.6. The SMILES string of the molecule is CC(C)C(NC(=O)c1c(F)cccc1F)C(=O)NCc1ccc(C(=O)O)s1. The van der Waals surface area contributed by atoms with Gasteiger partial charge in [0.25, 0.3) is 5.91 Å². The molecule has 6 nitrogen and oxygen atoms in total. The molecule has 144 valence electrons. The van der Waals surface area contributed by atoms with E-state index in [1.165, 1.54) is 6.07 Å². The molecule has 0 aliphatic carbocycles. The van der Waals surface area contributed by atoms with Gasteiger partial charge in [-0.3, -0.25) is 9.59 Å². The van der Waals surface area contributed by atoms with E-state index >= 15 is 0 Å². The van der Waals surface area contributed by atoms with Gasteiger partial charge in [-0.05, 0) is 30.2 Å². The molecule has 2 aromatic rings. The smallest absolute Gasteiger partial charge is 0.345 e. The number of amides is 2. The van der Waals surface area contributed by atoms with E-state index in [0.717, 1.165) is 29.5 Å². The Kier molecular flexibility index (Phi) is 6.62. The molecule has 1 unspecified atom stereocenters. The van der Waals surface area contributed by atoms with Crippen molar-refractivity contribution < 1.29 is 28.3 Å². The standard InChI is InChI=1S/C18H18F2N2O4S/c1-9(2)15(22-16(23)14-11(19)4-3-5-12(14)20)17(24)21-8-10-6-7-13(27-10)18(25)26/h3-7,9,15H,8H2,1-2H3,(H,21,24)(H,22,23)(H,25,26). The third-order valence-corrected chi connectivity index (χ3v) is 4.81. The molecule has 0 saturated heterocycles. The lowest BCUT2D eigenvalue weighted by Crippen LogP contribution is -2.49. The summed E-state index contributed by atoms with van der Waals surface area (Å²) in [5.74, 6) is -5.01. The Morgan fingerprint density at radius 2 is 1.74 bits per heavy atom. The zero-order chi connectivity index (χ0) is 20.1. The van der Waals surface area contributed by atoms with E-state index in [-0.39, 0.29) is 17.3 Å². The van der Waals surface area contributed by atoms with Crippen molar-refractivity contribution in [2.45, 2.75) is 26.4 Å². The summed E-state index contributed by atoms with van der Waals surface area (Å²) >= 11 is 1.02. The van der Waals surface area contributed by atoms with Crippen molar-refractivity contribution in [3.05, 3.63) is 57.3 Å². The number of halogens is 2. The fourth-order valence-corrected chi connectivity index (χ4v) is 3.12. The molecule has 27 heavy (non-hydrogen) atoms. The number of rotatable bonds is 7. The molecule has 2 amide bonds. The quantitative estimate of drug-likeness (QED) is 0.671. The molecule has 0 aliphatic rings. The average molecular weight is 396 g/mol. The van der Waals surface area contributed by atoms with Crippen LogP contribution in [0.15, 0.2) is 30.3 Å². The fourth-order valence-electron chi connectivity index (χ4n) is 2.34. The number of aromatic carboxylic acids is 1. The summed E-state index contributed by atoms with van der Waals surface area (Å²) in [7, 11) is 0. The zero-order valence-corrected chi connectivity index (χ0v) is 15.4. The Labute approximate surface area is 158 Å². The summed E-state index contributed by atoms with van der Waals surface area (Å²) in [6, 6.07) is 5.04. The Bertz CT molecular complexity index is 847. The summed E-state index contributed by atoms with van der Waals surface area (Å²) in [5, 5.41) is 13.9. The molecule has 3 N–H and O–H groups in total. The molecule has 1 aromatic carbocycles. The predicted molar refractivity (Wildman–Crippen MR) is 95.6 cm³/mol. The van der Waals surface area contributed by atoms with Crippen molar-refractivity contribution in [3.8, 4) is 0 Å². The Balaban J connectivity index is 2.06. The van der Waals surface area contributed by atoms with Crippen LogP contribution in [-0.2, 0) is 11.3 Å². The van der Waals surface area contributed by atoms with Gasteiger partial charge in [-0.15, -0.1) is 11.3 Å². The van der Waals surface area contributed by atoms with Gasteiger partial charge in [-0.25, -0.2) is 13.6 Å². The maximum atomic E-state index is 13.7. The normalized spacial score (nSPS) is 11.9. The van der Waals surface area contributed by atoms with E-state index in [2.05, 4.69) is 10.6 Å². The van der Waals surface area contributed by atoms with Crippen LogP contribution in [0.25, 0.3) is 0 Å². The highest BCUT2D eigenvalue weighted by molar-refractivity contribution is 7.13. The van der Waals surface area contributed by atoms with E-state index < -0.39 is 41.0 Å². The minimum atomic E-state index is -1.06. The molecule has 0 fully saturated rings. The van der Waals surface area contributed by atoms with Crippen LogP contribution in [0.3, 0.4) is 0 Å². The van der Waals surface area contributed by atoms with Crippen molar-refractivity contribution in [2.24, 2.45) is 5.92 Å². The molecular weight excluding hydrogens is 378 g/mol. The van der Waals surface area contributed by atoms with E-state index in [4.69, 9.17) is 5.11 Å². The van der Waals surface area contributed by atoms with Crippen molar-refractivity contribution in [2.75, 3.05) is 0 Å². The minimum absolute atomic E-state index is 0.0733. The predicted octanol–water partition coefficient (Wildman–Crippen LogP) is 2.80. The molecular formula is C18H18F2N2O4S. The summed E-state index contributed by atoms with van der Waals surface area (Å²) in [6.07, 6.45) is 0. The number of carboxylic acids is 1. The van der Waals surface area contributed by atoms with Crippen LogP contribution in [-0.4, -0.2) is 28.9 Å². The third kappa shape index (κ3) is 5.10. The van der Waals surface area contributed by atoms with Gasteiger partial charge in [0.1, 0.15) is 28.1 Å². The number of carbonyl (C=O) groups is 3. The number of nitrogens with one attached hydrogen (secondary N) is 2. The second kappa shape index (κ2) is 8.72. The molecule has 0 radical (unpaired) electrons. The molecule has 0 saturated carbocycles. The van der Waals surface area contributed by atoms with Crippen LogP contribution in [0.4, 0.5) is 8.78 Å². The second-order valence-corrected chi connectivity index (χ2v) is 7.25. The number of thiophene rings is 1. The van der Waals surface area contributed by atoms with Crippen LogP contribution in [0.2, 0.25) is 0 Å². The van der Waals surface area contributed by atoms with Crippen LogP contribution >= 0.6 is 11.3 Å². The van der Waals surface area contributed by atoms with Crippen molar-refractivity contribution in [1.82, 2.24) is 10.6 Å². The lowest BCUT2D eigenvalue weighted by molar-refractivity contribution is -0.124. The van der Waals surface area contributed by atoms with E-state index in [1.54, 1.807) is 19.9 Å². The van der Waals surface area contributed by atoms with Gasteiger partial charge in [0.2, 0.25) is 5.91 Å². The Morgan fingerprint density at radius 1 is 1.11 bits per heavy atom. The minimum Gasteiger partial charge on any atom is -0.477 e. The van der Waals surface area contributed by atoms with Crippen molar-refractivity contribution >= 4 is 29.1 Å². The largest absolute Gasteiger partial charge is 0.477 e. The topological polar surface area (TPSA) is 95.5 Å². The monoisotopic (exact) mass is 396 g/mol. The van der Waals surface area contributed by atoms with Gasteiger partial charge in [0.05, 0.1) is 6.54 Å². The van der Waals surface area contributed by atoms with E-state index in [0.29, 0.717) is 4.88 Å². The summed E-state index contributed by atoms with van der Waals surface area (Å²) in [4.78, 5) is 36.3.